The van der Waals surface area contributed by atoms with E-state index >= 15 is 0 Å². The van der Waals surface area contributed by atoms with Crippen LogP contribution in [0.2, 0.25) is 0 Å². The lowest BCUT2D eigenvalue weighted by atomic mass is 10.2. The lowest BCUT2D eigenvalue weighted by Gasteiger charge is -2.00. The summed E-state index contributed by atoms with van der Waals surface area (Å²) in [7, 11) is 0. The summed E-state index contributed by atoms with van der Waals surface area (Å²) in [4.78, 5) is 6.66. The fourth-order valence-electron chi connectivity index (χ4n) is 1.82. The number of hydrogen-bond donors (Lipinski definition) is 1. The molecule has 0 aliphatic rings. The van der Waals surface area contributed by atoms with Gasteiger partial charge >= 0.3 is 0 Å². The number of rotatable bonds is 1. The normalized spacial score (nSPS) is 11.2. The second kappa shape index (κ2) is 4.08. The van der Waals surface area contributed by atoms with Crippen LogP contribution >= 0.6 is 0 Å². The first-order valence-corrected chi connectivity index (χ1v) is 5.35. The first-order chi connectivity index (χ1) is 9.06. The molecule has 2 nitrogen and oxygen atoms in total. The van der Waals surface area contributed by atoms with Crippen LogP contribution in [0.15, 0.2) is 30.3 Å². The third kappa shape index (κ3) is 1.85. The summed E-state index contributed by atoms with van der Waals surface area (Å²) in [5.41, 5.74) is 0.537. The summed E-state index contributed by atoms with van der Waals surface area (Å²) in [6.07, 6.45) is 0. The van der Waals surface area contributed by atoms with Crippen LogP contribution in [-0.4, -0.2) is 9.97 Å². The number of halogens is 4. The van der Waals surface area contributed by atoms with Crippen molar-refractivity contribution in [1.29, 1.82) is 0 Å². The van der Waals surface area contributed by atoms with E-state index in [9.17, 15) is 17.6 Å². The van der Waals surface area contributed by atoms with Gasteiger partial charge in [0.25, 0.3) is 0 Å². The van der Waals surface area contributed by atoms with E-state index in [0.29, 0.717) is 11.0 Å². The van der Waals surface area contributed by atoms with Gasteiger partial charge in [0.05, 0.1) is 16.6 Å². The minimum Gasteiger partial charge on any atom is -0.338 e. The molecule has 1 N–H and O–H groups in total. The molecular weight excluding hydrogens is 260 g/mol. The highest BCUT2D eigenvalue weighted by molar-refractivity contribution is 5.79. The minimum absolute atomic E-state index is 0.0111. The Bertz CT molecular complexity index is 780. The zero-order valence-corrected chi connectivity index (χ0v) is 9.35. The van der Waals surface area contributed by atoms with Gasteiger partial charge in [-0.25, -0.2) is 22.5 Å². The average molecular weight is 266 g/mol. The molecule has 96 valence electrons. The lowest BCUT2D eigenvalue weighted by molar-refractivity contribution is 0.448. The van der Waals surface area contributed by atoms with E-state index in [1.807, 2.05) is 0 Å². The Balaban J connectivity index is 2.22. The van der Waals surface area contributed by atoms with E-state index in [-0.39, 0.29) is 11.4 Å². The number of H-pyrrole nitrogens is 1. The molecule has 2 aromatic carbocycles. The standard InChI is InChI=1S/C13H6F4N2/c14-6-1-4-9-10(5-6)19-13(18-9)7-2-3-8(15)12(17)11(7)16/h1-5H,(H,18,19). The summed E-state index contributed by atoms with van der Waals surface area (Å²) in [5, 5.41) is 0. The summed E-state index contributed by atoms with van der Waals surface area (Å²) in [6, 6.07) is 5.67. The fraction of sp³-hybridized carbons (Fsp3) is 0. The van der Waals surface area contributed by atoms with Crippen LogP contribution in [0.1, 0.15) is 0 Å². The molecule has 0 aliphatic carbocycles. The number of benzene rings is 2. The second-order valence-corrected chi connectivity index (χ2v) is 3.97. The van der Waals surface area contributed by atoms with Gasteiger partial charge in [-0.15, -0.1) is 0 Å². The van der Waals surface area contributed by atoms with E-state index < -0.39 is 23.3 Å². The number of hydrogen-bond acceptors (Lipinski definition) is 1. The molecule has 0 spiro atoms. The van der Waals surface area contributed by atoms with Crippen LogP contribution < -0.4 is 0 Å². The van der Waals surface area contributed by atoms with Gasteiger partial charge < -0.3 is 4.98 Å². The molecule has 0 unspecified atom stereocenters. The topological polar surface area (TPSA) is 28.7 Å². The Labute approximate surface area is 104 Å². The summed E-state index contributed by atoms with van der Waals surface area (Å²) >= 11 is 0. The van der Waals surface area contributed by atoms with Crippen molar-refractivity contribution < 1.29 is 17.6 Å². The lowest BCUT2D eigenvalue weighted by Crippen LogP contribution is -1.94. The van der Waals surface area contributed by atoms with E-state index in [1.54, 1.807) is 0 Å². The Morgan fingerprint density at radius 3 is 2.47 bits per heavy atom. The molecule has 1 heterocycles. The predicted octanol–water partition coefficient (Wildman–Crippen LogP) is 3.79. The molecular formula is C13H6F4N2. The van der Waals surface area contributed by atoms with Crippen molar-refractivity contribution in [2.75, 3.05) is 0 Å². The summed E-state index contributed by atoms with van der Waals surface area (Å²) < 4.78 is 52.6. The zero-order valence-electron chi connectivity index (χ0n) is 9.35. The van der Waals surface area contributed by atoms with Crippen molar-refractivity contribution in [2.24, 2.45) is 0 Å². The summed E-state index contributed by atoms with van der Waals surface area (Å²) in [6.45, 7) is 0. The zero-order chi connectivity index (χ0) is 13.6. The van der Waals surface area contributed by atoms with E-state index in [2.05, 4.69) is 9.97 Å². The van der Waals surface area contributed by atoms with Crippen molar-refractivity contribution >= 4 is 11.0 Å². The first kappa shape index (κ1) is 11.7. The van der Waals surface area contributed by atoms with Gasteiger partial charge in [0.2, 0.25) is 0 Å². The van der Waals surface area contributed by atoms with Gasteiger partial charge in [-0.2, -0.15) is 0 Å². The Morgan fingerprint density at radius 1 is 0.895 bits per heavy atom. The van der Waals surface area contributed by atoms with Gasteiger partial charge in [-0.05, 0) is 30.3 Å². The predicted molar refractivity (Wildman–Crippen MR) is 61.4 cm³/mol. The number of fused-ring (bicyclic) bond motifs is 1. The third-order valence-electron chi connectivity index (χ3n) is 2.73. The van der Waals surface area contributed by atoms with Crippen molar-refractivity contribution in [2.45, 2.75) is 0 Å². The number of aromatic nitrogens is 2. The summed E-state index contributed by atoms with van der Waals surface area (Å²) in [5.74, 6) is -4.64. The third-order valence-corrected chi connectivity index (χ3v) is 2.73. The first-order valence-electron chi connectivity index (χ1n) is 5.35. The van der Waals surface area contributed by atoms with Gasteiger partial charge in [-0.3, -0.25) is 0 Å². The Morgan fingerprint density at radius 2 is 1.68 bits per heavy atom. The SMILES string of the molecule is Fc1ccc2nc(-c3ccc(F)c(F)c3F)[nH]c2c1. The minimum atomic E-state index is -1.57. The maximum Gasteiger partial charge on any atom is 0.195 e. The number of aromatic amines is 1. The van der Waals surface area contributed by atoms with Gasteiger partial charge in [0, 0.05) is 0 Å². The highest BCUT2D eigenvalue weighted by atomic mass is 19.2. The van der Waals surface area contributed by atoms with E-state index in [0.717, 1.165) is 12.1 Å². The highest BCUT2D eigenvalue weighted by Crippen LogP contribution is 2.26. The van der Waals surface area contributed by atoms with Gasteiger partial charge in [0.15, 0.2) is 17.5 Å². The highest BCUT2D eigenvalue weighted by Gasteiger charge is 2.17. The Hall–Kier alpha value is -2.37. The van der Waals surface area contributed by atoms with Crippen molar-refractivity contribution in [3.63, 3.8) is 0 Å². The molecule has 1 aromatic heterocycles. The van der Waals surface area contributed by atoms with Gasteiger partial charge in [-0.1, -0.05) is 0 Å². The molecule has 0 aliphatic heterocycles. The van der Waals surface area contributed by atoms with Crippen LogP contribution in [0, 0.1) is 23.3 Å². The monoisotopic (exact) mass is 266 g/mol. The van der Waals surface area contributed by atoms with Crippen molar-refractivity contribution in [3.05, 3.63) is 53.6 Å². The molecule has 0 saturated carbocycles. The molecule has 0 atom stereocenters. The van der Waals surface area contributed by atoms with Crippen LogP contribution in [0.3, 0.4) is 0 Å². The second-order valence-electron chi connectivity index (χ2n) is 3.97. The maximum atomic E-state index is 13.6. The van der Waals surface area contributed by atoms with Crippen LogP contribution in [0.5, 0.6) is 0 Å². The average Bonchev–Trinajstić information content (AvgIpc) is 2.78. The largest absolute Gasteiger partial charge is 0.338 e. The Kier molecular flexibility index (Phi) is 2.51. The van der Waals surface area contributed by atoms with E-state index in [1.165, 1.54) is 18.2 Å². The van der Waals surface area contributed by atoms with Gasteiger partial charge in [0.1, 0.15) is 11.6 Å². The number of imidazole rings is 1. The molecule has 6 heteroatoms. The fourth-order valence-corrected chi connectivity index (χ4v) is 1.82. The molecule has 0 bridgehead atoms. The molecule has 3 aromatic rings. The molecule has 0 amide bonds. The smallest absolute Gasteiger partial charge is 0.195 e. The number of nitrogens with zero attached hydrogens (tertiary/aromatic N) is 1. The number of nitrogens with one attached hydrogen (secondary N) is 1. The quantitative estimate of drug-likeness (QED) is 0.527. The molecule has 19 heavy (non-hydrogen) atoms. The van der Waals surface area contributed by atoms with Crippen molar-refractivity contribution in [1.82, 2.24) is 9.97 Å². The maximum absolute atomic E-state index is 13.6. The van der Waals surface area contributed by atoms with Crippen molar-refractivity contribution in [3.8, 4) is 11.4 Å². The van der Waals surface area contributed by atoms with Crippen LogP contribution in [-0.2, 0) is 0 Å². The molecule has 0 radical (unpaired) electrons. The van der Waals surface area contributed by atoms with Crippen LogP contribution in [0.4, 0.5) is 17.6 Å². The van der Waals surface area contributed by atoms with Crippen LogP contribution in [0.25, 0.3) is 22.4 Å². The molecule has 3 rings (SSSR count). The molecule has 0 fully saturated rings. The molecule has 0 saturated heterocycles. The van der Waals surface area contributed by atoms with E-state index in [4.69, 9.17) is 0 Å².